The predicted octanol–water partition coefficient (Wildman–Crippen LogP) is 3.98. The largest absolute Gasteiger partial charge is 0.461 e. The number of halogens is 6. The van der Waals surface area contributed by atoms with Crippen LogP contribution in [-0.2, 0) is 5.92 Å². The quantitative estimate of drug-likeness (QED) is 0.792. The van der Waals surface area contributed by atoms with Gasteiger partial charge in [-0.05, 0) is 18.2 Å². The first-order chi connectivity index (χ1) is 7.72. The minimum atomic E-state index is -5.67. The zero-order valence-electron chi connectivity index (χ0n) is 7.95. The summed E-state index contributed by atoms with van der Waals surface area (Å²) in [5.41, 5.74) is 0.158. The first-order valence-corrected chi connectivity index (χ1v) is 5.11. The van der Waals surface area contributed by atoms with Crippen molar-refractivity contribution in [3.8, 4) is 0 Å². The fourth-order valence-electron chi connectivity index (χ4n) is 1.26. The third-order valence-corrected chi connectivity index (χ3v) is 2.59. The maximum absolute atomic E-state index is 13.0. The molecule has 1 N–H and O–H groups in total. The van der Waals surface area contributed by atoms with Gasteiger partial charge in [0.15, 0.2) is 5.82 Å². The summed E-state index contributed by atoms with van der Waals surface area (Å²) in [7, 11) is 0. The number of hydrogen-bond donors (Lipinski definition) is 1. The summed E-state index contributed by atoms with van der Waals surface area (Å²) in [6, 6.07) is 4.21. The van der Waals surface area contributed by atoms with Gasteiger partial charge < -0.3 is 4.98 Å². The van der Waals surface area contributed by atoms with Crippen LogP contribution in [0.2, 0.25) is 0 Å². The number of benzene rings is 1. The lowest BCUT2D eigenvalue weighted by molar-refractivity contribution is -0.292. The molecule has 8 heteroatoms. The number of imidazole rings is 1. The number of aromatic amines is 1. The molecule has 0 fully saturated rings. The van der Waals surface area contributed by atoms with Crippen LogP contribution in [0, 0.1) is 0 Å². The maximum atomic E-state index is 13.0. The summed E-state index contributed by atoms with van der Waals surface area (Å²) in [5.74, 6) is -6.39. The van der Waals surface area contributed by atoms with E-state index < -0.39 is 17.9 Å². The number of H-pyrrole nitrogens is 1. The van der Waals surface area contributed by atoms with Crippen LogP contribution in [0.15, 0.2) is 22.7 Å². The second kappa shape index (κ2) is 3.66. The molecule has 2 aromatic rings. The highest BCUT2D eigenvalue weighted by Gasteiger charge is 2.61. The number of hydrogen-bond acceptors (Lipinski definition) is 1. The lowest BCUT2D eigenvalue weighted by Crippen LogP contribution is -2.34. The van der Waals surface area contributed by atoms with Gasteiger partial charge in [0.1, 0.15) is 0 Å². The number of rotatable bonds is 1. The molecule has 1 heterocycles. The van der Waals surface area contributed by atoms with Crippen LogP contribution < -0.4 is 0 Å². The summed E-state index contributed by atoms with van der Waals surface area (Å²) in [6.07, 6.45) is -5.67. The molecule has 92 valence electrons. The minimum absolute atomic E-state index is 0.0483. The zero-order valence-corrected chi connectivity index (χ0v) is 9.53. The van der Waals surface area contributed by atoms with E-state index in [1.165, 1.54) is 18.2 Å². The normalized spacial score (nSPS) is 13.3. The lowest BCUT2D eigenvalue weighted by atomic mass is 10.3. The molecular weight excluding hydrogens is 311 g/mol. The molecule has 0 saturated carbocycles. The summed E-state index contributed by atoms with van der Waals surface area (Å²) >= 11 is 3.07. The molecule has 1 aromatic carbocycles. The number of nitrogens with zero attached hydrogens (tertiary/aromatic N) is 1. The van der Waals surface area contributed by atoms with Crippen LogP contribution in [0.4, 0.5) is 22.0 Å². The predicted molar refractivity (Wildman–Crippen MR) is 53.7 cm³/mol. The number of aromatic nitrogens is 2. The van der Waals surface area contributed by atoms with Crippen molar-refractivity contribution in [2.24, 2.45) is 0 Å². The summed E-state index contributed by atoms with van der Waals surface area (Å²) in [5, 5.41) is 0. The first-order valence-electron chi connectivity index (χ1n) is 4.32. The highest BCUT2D eigenvalue weighted by molar-refractivity contribution is 9.10. The second-order valence-electron chi connectivity index (χ2n) is 3.32. The van der Waals surface area contributed by atoms with E-state index in [1.807, 2.05) is 4.98 Å². The average Bonchev–Trinajstić information content (AvgIpc) is 2.58. The van der Waals surface area contributed by atoms with Crippen molar-refractivity contribution in [2.75, 3.05) is 0 Å². The molecule has 0 aliphatic heterocycles. The van der Waals surface area contributed by atoms with E-state index in [2.05, 4.69) is 20.9 Å². The van der Waals surface area contributed by atoms with Crippen LogP contribution >= 0.6 is 15.9 Å². The topological polar surface area (TPSA) is 28.7 Å². The van der Waals surface area contributed by atoms with Crippen molar-refractivity contribution >= 4 is 27.0 Å². The van der Waals surface area contributed by atoms with Crippen molar-refractivity contribution in [2.45, 2.75) is 12.1 Å². The maximum Gasteiger partial charge on any atom is 0.461 e. The van der Waals surface area contributed by atoms with Gasteiger partial charge in [-0.25, -0.2) is 4.98 Å². The molecule has 2 nitrogen and oxygen atoms in total. The Kier molecular flexibility index (Phi) is 2.64. The summed E-state index contributed by atoms with van der Waals surface area (Å²) in [4.78, 5) is 5.22. The van der Waals surface area contributed by atoms with E-state index >= 15 is 0 Å². The molecule has 0 atom stereocenters. The van der Waals surface area contributed by atoms with Gasteiger partial charge in [0.25, 0.3) is 0 Å². The standard InChI is InChI=1S/C9H4BrF5N2/c10-4-1-2-5-6(3-4)17-7(16-5)8(11,12)9(13,14)15/h1-3H,(H,16,17). The van der Waals surface area contributed by atoms with Crippen molar-refractivity contribution in [1.82, 2.24) is 9.97 Å². The number of fused-ring (bicyclic) bond motifs is 1. The number of nitrogens with one attached hydrogen (secondary N) is 1. The summed E-state index contributed by atoms with van der Waals surface area (Å²) < 4.78 is 62.8. The highest BCUT2D eigenvalue weighted by atomic mass is 79.9. The van der Waals surface area contributed by atoms with Gasteiger partial charge in [0.05, 0.1) is 11.0 Å². The van der Waals surface area contributed by atoms with Gasteiger partial charge >= 0.3 is 12.1 Å². The van der Waals surface area contributed by atoms with E-state index in [4.69, 9.17) is 0 Å². The molecule has 0 aliphatic rings. The zero-order chi connectivity index (χ0) is 12.8. The van der Waals surface area contributed by atoms with E-state index in [-0.39, 0.29) is 11.0 Å². The van der Waals surface area contributed by atoms with E-state index in [0.717, 1.165) is 0 Å². The number of alkyl halides is 5. The van der Waals surface area contributed by atoms with Crippen molar-refractivity contribution < 1.29 is 22.0 Å². The third-order valence-electron chi connectivity index (χ3n) is 2.10. The van der Waals surface area contributed by atoms with E-state index in [9.17, 15) is 22.0 Å². The Morgan fingerprint density at radius 3 is 2.35 bits per heavy atom. The van der Waals surface area contributed by atoms with Gasteiger partial charge in [-0.2, -0.15) is 22.0 Å². The molecule has 0 saturated heterocycles. The fraction of sp³-hybridized carbons (Fsp3) is 0.222. The Morgan fingerprint density at radius 2 is 1.76 bits per heavy atom. The molecule has 0 unspecified atom stereocenters. The van der Waals surface area contributed by atoms with Crippen LogP contribution in [0.1, 0.15) is 5.82 Å². The van der Waals surface area contributed by atoms with Gasteiger partial charge in [-0.1, -0.05) is 15.9 Å². The van der Waals surface area contributed by atoms with E-state index in [0.29, 0.717) is 4.47 Å². The Balaban J connectivity index is 2.57. The van der Waals surface area contributed by atoms with Crippen LogP contribution in [0.5, 0.6) is 0 Å². The molecule has 1 aromatic heterocycles. The Hall–Kier alpha value is -1.18. The van der Waals surface area contributed by atoms with Gasteiger partial charge in [-0.3, -0.25) is 0 Å². The van der Waals surface area contributed by atoms with Crippen molar-refractivity contribution in [1.29, 1.82) is 0 Å². The van der Waals surface area contributed by atoms with E-state index in [1.54, 1.807) is 0 Å². The van der Waals surface area contributed by atoms with Crippen molar-refractivity contribution in [3.63, 3.8) is 0 Å². The summed E-state index contributed by atoms with van der Waals surface area (Å²) in [6.45, 7) is 0. The highest BCUT2D eigenvalue weighted by Crippen LogP contribution is 2.43. The Bertz CT molecular complexity index is 560. The van der Waals surface area contributed by atoms with Crippen LogP contribution in [-0.4, -0.2) is 16.1 Å². The Morgan fingerprint density at radius 1 is 1.12 bits per heavy atom. The molecular formula is C9H4BrF5N2. The lowest BCUT2D eigenvalue weighted by Gasteiger charge is -2.16. The van der Waals surface area contributed by atoms with Crippen molar-refractivity contribution in [3.05, 3.63) is 28.5 Å². The molecule has 0 radical (unpaired) electrons. The second-order valence-corrected chi connectivity index (χ2v) is 4.23. The van der Waals surface area contributed by atoms with Crippen LogP contribution in [0.25, 0.3) is 11.0 Å². The van der Waals surface area contributed by atoms with Gasteiger partial charge in [0.2, 0.25) is 0 Å². The minimum Gasteiger partial charge on any atom is -0.337 e. The molecule has 17 heavy (non-hydrogen) atoms. The third kappa shape index (κ3) is 2.01. The van der Waals surface area contributed by atoms with Gasteiger partial charge in [-0.15, -0.1) is 0 Å². The monoisotopic (exact) mass is 314 g/mol. The molecule has 0 spiro atoms. The average molecular weight is 315 g/mol. The van der Waals surface area contributed by atoms with Crippen LogP contribution in [0.3, 0.4) is 0 Å². The fourth-order valence-corrected chi connectivity index (χ4v) is 1.63. The molecule has 2 rings (SSSR count). The van der Waals surface area contributed by atoms with Gasteiger partial charge in [0, 0.05) is 4.47 Å². The smallest absolute Gasteiger partial charge is 0.337 e. The SMILES string of the molecule is FC(F)(F)C(F)(F)c1nc2ccc(Br)cc2[nH]1. The molecule has 0 aliphatic carbocycles. The Labute approximate surface area is 100.0 Å². The molecule has 0 amide bonds. The molecule has 0 bridgehead atoms. The first kappa shape index (κ1) is 12.3.